The van der Waals surface area contributed by atoms with E-state index in [9.17, 15) is 4.79 Å². The van der Waals surface area contributed by atoms with E-state index in [4.69, 9.17) is 4.74 Å². The van der Waals surface area contributed by atoms with Crippen LogP contribution in [0.15, 0.2) is 54.6 Å². The third-order valence-electron chi connectivity index (χ3n) is 5.62. The molecule has 3 rings (SSSR count). The lowest BCUT2D eigenvalue weighted by molar-refractivity contribution is -0.906. The van der Waals surface area contributed by atoms with Gasteiger partial charge in [0.2, 0.25) is 0 Å². The maximum Gasteiger partial charge on any atom is 0.166 e. The topological polar surface area (TPSA) is 30.7 Å². The number of benzene rings is 2. The molecule has 27 heavy (non-hydrogen) atoms. The summed E-state index contributed by atoms with van der Waals surface area (Å²) in [5, 5.41) is 0. The van der Waals surface area contributed by atoms with E-state index in [2.05, 4.69) is 30.3 Å². The number of nitrogens with one attached hydrogen (secondary N) is 1. The van der Waals surface area contributed by atoms with Crippen molar-refractivity contribution in [3.63, 3.8) is 0 Å². The summed E-state index contributed by atoms with van der Waals surface area (Å²) in [4.78, 5) is 13.7. The van der Waals surface area contributed by atoms with Gasteiger partial charge >= 0.3 is 0 Å². The van der Waals surface area contributed by atoms with Gasteiger partial charge < -0.3 is 9.64 Å². The van der Waals surface area contributed by atoms with Gasteiger partial charge in [-0.3, -0.25) is 4.79 Å². The molecular weight excluding hydrogens is 334 g/mol. The summed E-state index contributed by atoms with van der Waals surface area (Å²) >= 11 is 0. The molecule has 1 aliphatic rings. The van der Waals surface area contributed by atoms with Gasteiger partial charge in [-0.05, 0) is 42.9 Å². The third-order valence-corrected chi connectivity index (χ3v) is 5.62. The monoisotopic (exact) mass is 366 g/mol. The van der Waals surface area contributed by atoms with Crippen LogP contribution in [0.3, 0.4) is 0 Å². The first-order chi connectivity index (χ1) is 13.3. The lowest BCUT2D eigenvalue weighted by Gasteiger charge is -2.29. The molecule has 0 aromatic heterocycles. The van der Waals surface area contributed by atoms with Gasteiger partial charge in [0.15, 0.2) is 5.78 Å². The quantitative estimate of drug-likeness (QED) is 0.543. The van der Waals surface area contributed by atoms with E-state index < -0.39 is 0 Å². The SMILES string of the molecule is CCC(=O)c1ccccc1OCCC[NH+]1CCC(Cc2ccccc2)CC1. The number of quaternary nitrogens is 1. The Hall–Kier alpha value is -2.13. The molecule has 1 fully saturated rings. The number of rotatable bonds is 9. The number of ketones is 1. The van der Waals surface area contributed by atoms with E-state index in [-0.39, 0.29) is 5.78 Å². The minimum absolute atomic E-state index is 0.150. The predicted octanol–water partition coefficient (Wildman–Crippen LogP) is 3.59. The lowest BCUT2D eigenvalue weighted by Crippen LogP contribution is -3.13. The zero-order valence-corrected chi connectivity index (χ0v) is 16.5. The van der Waals surface area contributed by atoms with Crippen molar-refractivity contribution in [3.05, 3.63) is 65.7 Å². The first kappa shape index (κ1) is 19.6. The number of hydrogen-bond donors (Lipinski definition) is 1. The van der Waals surface area contributed by atoms with Crippen LogP contribution in [0.2, 0.25) is 0 Å². The molecule has 0 atom stereocenters. The highest BCUT2D eigenvalue weighted by Gasteiger charge is 2.22. The van der Waals surface area contributed by atoms with E-state index in [0.717, 1.165) is 24.6 Å². The molecule has 1 N–H and O–H groups in total. The van der Waals surface area contributed by atoms with Gasteiger partial charge in [-0.25, -0.2) is 0 Å². The Balaban J connectivity index is 1.36. The zero-order chi connectivity index (χ0) is 18.9. The van der Waals surface area contributed by atoms with E-state index in [1.165, 1.54) is 37.9 Å². The molecule has 0 radical (unpaired) electrons. The molecule has 1 heterocycles. The Labute approximate surface area is 163 Å². The number of ether oxygens (including phenoxy) is 1. The van der Waals surface area contributed by atoms with Gasteiger partial charge in [0.1, 0.15) is 5.75 Å². The molecule has 3 heteroatoms. The number of carbonyl (C=O) groups excluding carboxylic acids is 1. The fraction of sp³-hybridized carbons (Fsp3) is 0.458. The van der Waals surface area contributed by atoms with Crippen LogP contribution in [-0.2, 0) is 6.42 Å². The van der Waals surface area contributed by atoms with E-state index in [0.29, 0.717) is 18.6 Å². The first-order valence-corrected chi connectivity index (χ1v) is 10.4. The molecule has 2 aromatic carbocycles. The third kappa shape index (κ3) is 5.93. The van der Waals surface area contributed by atoms with Crippen LogP contribution < -0.4 is 9.64 Å². The highest BCUT2D eigenvalue weighted by atomic mass is 16.5. The van der Waals surface area contributed by atoms with Gasteiger partial charge in [-0.2, -0.15) is 0 Å². The number of para-hydroxylation sites is 1. The van der Waals surface area contributed by atoms with E-state index in [1.807, 2.05) is 31.2 Å². The van der Waals surface area contributed by atoms with Crippen LogP contribution >= 0.6 is 0 Å². The Kier molecular flexibility index (Phi) is 7.46. The van der Waals surface area contributed by atoms with Crippen LogP contribution in [0.1, 0.15) is 48.5 Å². The van der Waals surface area contributed by atoms with Gasteiger partial charge in [0.25, 0.3) is 0 Å². The minimum Gasteiger partial charge on any atom is -0.493 e. The Morgan fingerprint density at radius 3 is 2.48 bits per heavy atom. The standard InChI is InChI=1S/C24H31NO2/c1-2-23(26)22-11-6-7-12-24(22)27-18-8-15-25-16-13-21(14-17-25)19-20-9-4-3-5-10-20/h3-7,9-12,21H,2,8,13-19H2,1H3/p+1. The van der Waals surface area contributed by atoms with Crippen molar-refractivity contribution >= 4 is 5.78 Å². The molecule has 0 saturated carbocycles. The van der Waals surface area contributed by atoms with Crippen molar-refractivity contribution in [2.24, 2.45) is 5.92 Å². The second-order valence-electron chi connectivity index (χ2n) is 7.61. The Morgan fingerprint density at radius 2 is 1.74 bits per heavy atom. The van der Waals surface area contributed by atoms with Crippen LogP contribution in [0.5, 0.6) is 5.75 Å². The maximum atomic E-state index is 12.0. The summed E-state index contributed by atoms with van der Waals surface area (Å²) in [6.07, 6.45) is 5.41. The first-order valence-electron chi connectivity index (χ1n) is 10.4. The van der Waals surface area contributed by atoms with Crippen molar-refractivity contribution in [2.75, 3.05) is 26.2 Å². The lowest BCUT2D eigenvalue weighted by atomic mass is 9.90. The average Bonchev–Trinajstić information content (AvgIpc) is 2.73. The van der Waals surface area contributed by atoms with E-state index >= 15 is 0 Å². The summed E-state index contributed by atoms with van der Waals surface area (Å²) in [5.41, 5.74) is 2.19. The van der Waals surface area contributed by atoms with Gasteiger partial charge in [-0.15, -0.1) is 0 Å². The molecule has 0 aliphatic carbocycles. The van der Waals surface area contributed by atoms with Crippen LogP contribution in [0.25, 0.3) is 0 Å². The van der Waals surface area contributed by atoms with Crippen molar-refractivity contribution < 1.29 is 14.4 Å². The van der Waals surface area contributed by atoms with Crippen molar-refractivity contribution in [2.45, 2.75) is 39.0 Å². The van der Waals surface area contributed by atoms with E-state index in [1.54, 1.807) is 4.90 Å². The van der Waals surface area contributed by atoms with Crippen LogP contribution in [0, 0.1) is 5.92 Å². The number of Topliss-reactive ketones (excluding diaryl/α,β-unsaturated/α-hetero) is 1. The molecule has 2 aromatic rings. The fourth-order valence-corrected chi connectivity index (χ4v) is 4.00. The zero-order valence-electron chi connectivity index (χ0n) is 16.5. The van der Waals surface area contributed by atoms with Crippen molar-refractivity contribution in [1.29, 1.82) is 0 Å². The largest absolute Gasteiger partial charge is 0.493 e. The molecular formula is C24H32NO2+. The predicted molar refractivity (Wildman–Crippen MR) is 110 cm³/mol. The molecule has 0 bridgehead atoms. The summed E-state index contributed by atoms with van der Waals surface area (Å²) in [6.45, 7) is 6.27. The average molecular weight is 367 g/mol. The van der Waals surface area contributed by atoms with Gasteiger partial charge in [0.05, 0.1) is 31.8 Å². The minimum atomic E-state index is 0.150. The number of likely N-dealkylation sites (tertiary alicyclic amines) is 1. The normalized spacial score (nSPS) is 19.6. The number of hydrogen-bond acceptors (Lipinski definition) is 2. The smallest absolute Gasteiger partial charge is 0.166 e. The summed E-state index contributed by atoms with van der Waals surface area (Å²) < 4.78 is 5.92. The number of carbonyl (C=O) groups is 1. The summed E-state index contributed by atoms with van der Waals surface area (Å²) in [6, 6.07) is 18.5. The molecule has 0 unspecified atom stereocenters. The second-order valence-corrected chi connectivity index (χ2v) is 7.61. The molecule has 0 spiro atoms. The highest BCUT2D eigenvalue weighted by Crippen LogP contribution is 2.20. The van der Waals surface area contributed by atoms with Gasteiger partial charge in [0, 0.05) is 12.8 Å². The fourth-order valence-electron chi connectivity index (χ4n) is 4.00. The van der Waals surface area contributed by atoms with Crippen LogP contribution in [-0.4, -0.2) is 32.0 Å². The molecule has 144 valence electrons. The summed E-state index contributed by atoms with van der Waals surface area (Å²) in [5.74, 6) is 1.72. The summed E-state index contributed by atoms with van der Waals surface area (Å²) in [7, 11) is 0. The van der Waals surface area contributed by atoms with Gasteiger partial charge in [-0.1, -0.05) is 49.4 Å². The van der Waals surface area contributed by atoms with Crippen molar-refractivity contribution in [1.82, 2.24) is 0 Å². The molecule has 1 aliphatic heterocycles. The molecule has 1 saturated heterocycles. The number of piperidine rings is 1. The van der Waals surface area contributed by atoms with Crippen LogP contribution in [0.4, 0.5) is 0 Å². The highest BCUT2D eigenvalue weighted by molar-refractivity contribution is 5.98. The Morgan fingerprint density at radius 1 is 1.04 bits per heavy atom. The maximum absolute atomic E-state index is 12.0. The molecule has 0 amide bonds. The Bertz CT molecular complexity index is 705. The molecule has 3 nitrogen and oxygen atoms in total. The van der Waals surface area contributed by atoms with Crippen molar-refractivity contribution in [3.8, 4) is 5.75 Å². The second kappa shape index (κ2) is 10.3.